The second-order valence-corrected chi connectivity index (χ2v) is 5.19. The molecular formula is C14H20O10. The highest BCUT2D eigenvalue weighted by Gasteiger charge is 2.56. The van der Waals surface area contributed by atoms with E-state index in [-0.39, 0.29) is 6.61 Å². The van der Waals surface area contributed by atoms with Crippen LogP contribution in [0.2, 0.25) is 0 Å². The molecule has 0 aromatic carbocycles. The van der Waals surface area contributed by atoms with E-state index in [0.717, 1.165) is 27.7 Å². The number of carbonyl (C=O) groups excluding carboxylic acids is 4. The number of hydrogen-bond donors (Lipinski definition) is 1. The van der Waals surface area contributed by atoms with Crippen LogP contribution in [0, 0.1) is 0 Å². The minimum Gasteiger partial charge on any atom is -0.460 e. The molecule has 0 amide bonds. The normalized spacial score (nSPS) is 29.3. The average Bonchev–Trinajstić information content (AvgIpc) is 2.43. The highest BCUT2D eigenvalue weighted by Crippen LogP contribution is 2.31. The van der Waals surface area contributed by atoms with Crippen LogP contribution in [0.25, 0.3) is 0 Å². The van der Waals surface area contributed by atoms with E-state index in [9.17, 15) is 24.3 Å². The quantitative estimate of drug-likeness (QED) is 0.490. The predicted molar refractivity (Wildman–Crippen MR) is 74.2 cm³/mol. The van der Waals surface area contributed by atoms with Crippen molar-refractivity contribution < 1.29 is 48.0 Å². The molecule has 10 nitrogen and oxygen atoms in total. The minimum atomic E-state index is -2.27. The van der Waals surface area contributed by atoms with Crippen LogP contribution in [0.15, 0.2) is 0 Å². The van der Waals surface area contributed by atoms with Gasteiger partial charge in [0.15, 0.2) is 18.3 Å². The number of ether oxygens (including phenoxy) is 5. The number of hydrogen-bond acceptors (Lipinski definition) is 10. The van der Waals surface area contributed by atoms with E-state index in [2.05, 4.69) is 0 Å². The lowest BCUT2D eigenvalue weighted by molar-refractivity contribution is -0.335. The molecule has 1 fully saturated rings. The molecule has 0 spiro atoms. The zero-order valence-corrected chi connectivity index (χ0v) is 13.8. The molecule has 1 aliphatic heterocycles. The fraction of sp³-hybridized carbons (Fsp3) is 0.714. The third kappa shape index (κ3) is 5.46. The summed E-state index contributed by atoms with van der Waals surface area (Å²) < 4.78 is 24.9. The summed E-state index contributed by atoms with van der Waals surface area (Å²) in [6.45, 7) is 3.35. The second kappa shape index (κ2) is 8.06. The lowest BCUT2D eigenvalue weighted by Crippen LogP contribution is -2.65. The highest BCUT2D eigenvalue weighted by molar-refractivity contribution is 5.68. The maximum Gasteiger partial charge on any atom is 0.303 e. The van der Waals surface area contributed by atoms with Gasteiger partial charge in [-0.15, -0.1) is 0 Å². The summed E-state index contributed by atoms with van der Waals surface area (Å²) in [4.78, 5) is 44.9. The molecule has 1 N–H and O–H groups in total. The first-order chi connectivity index (χ1) is 11.0. The van der Waals surface area contributed by atoms with E-state index in [1.807, 2.05) is 0 Å². The van der Waals surface area contributed by atoms with Gasteiger partial charge < -0.3 is 28.8 Å². The summed E-state index contributed by atoms with van der Waals surface area (Å²) in [5.41, 5.74) is 0. The topological polar surface area (TPSA) is 135 Å². The van der Waals surface area contributed by atoms with Gasteiger partial charge in [0.05, 0.1) is 6.61 Å². The summed E-state index contributed by atoms with van der Waals surface area (Å²) in [6, 6.07) is 0. The maximum absolute atomic E-state index is 11.4. The monoisotopic (exact) mass is 348 g/mol. The number of rotatable bonds is 5. The molecular weight excluding hydrogens is 328 g/mol. The van der Waals surface area contributed by atoms with Crippen molar-refractivity contribution in [3.05, 3.63) is 0 Å². The Kier molecular flexibility index (Phi) is 6.67. The molecule has 1 heterocycles. The van der Waals surface area contributed by atoms with Gasteiger partial charge in [0.1, 0.15) is 6.61 Å². The lowest BCUT2D eigenvalue weighted by Gasteiger charge is -2.44. The van der Waals surface area contributed by atoms with Gasteiger partial charge in [0, 0.05) is 27.7 Å². The Bertz CT molecular complexity index is 516. The summed E-state index contributed by atoms with van der Waals surface area (Å²) in [5.74, 6) is -5.24. The van der Waals surface area contributed by atoms with Crippen molar-refractivity contribution in [1.82, 2.24) is 0 Å². The SMILES string of the molecule is CC(=O)OC[C@@]1(O)OC[C@@H](OC(C)=O)[C@@H](OC(C)=O)[C@H]1OC(C)=O. The fourth-order valence-corrected chi connectivity index (χ4v) is 2.17. The third-order valence-corrected chi connectivity index (χ3v) is 3.00. The molecule has 136 valence electrons. The average molecular weight is 348 g/mol. The van der Waals surface area contributed by atoms with Gasteiger partial charge in [-0.1, -0.05) is 0 Å². The van der Waals surface area contributed by atoms with E-state index < -0.39 is 54.6 Å². The van der Waals surface area contributed by atoms with Crippen molar-refractivity contribution in [1.29, 1.82) is 0 Å². The Hall–Kier alpha value is -2.20. The zero-order valence-electron chi connectivity index (χ0n) is 13.8. The van der Waals surface area contributed by atoms with Gasteiger partial charge in [0.25, 0.3) is 0 Å². The minimum absolute atomic E-state index is 0.368. The van der Waals surface area contributed by atoms with E-state index in [4.69, 9.17) is 23.7 Å². The number of aliphatic hydroxyl groups is 1. The molecule has 0 aromatic rings. The number of carbonyl (C=O) groups is 4. The molecule has 1 aliphatic rings. The molecule has 0 saturated carbocycles. The molecule has 0 unspecified atom stereocenters. The Morgan fingerprint density at radius 2 is 1.50 bits per heavy atom. The first kappa shape index (κ1) is 19.8. The van der Waals surface area contributed by atoms with Crippen molar-refractivity contribution in [2.45, 2.75) is 51.8 Å². The van der Waals surface area contributed by atoms with Crippen LogP contribution in [0.4, 0.5) is 0 Å². The van der Waals surface area contributed by atoms with Gasteiger partial charge >= 0.3 is 23.9 Å². The van der Waals surface area contributed by atoms with Crippen molar-refractivity contribution in [2.24, 2.45) is 0 Å². The maximum atomic E-state index is 11.4. The lowest BCUT2D eigenvalue weighted by atomic mass is 9.96. The largest absolute Gasteiger partial charge is 0.460 e. The fourth-order valence-electron chi connectivity index (χ4n) is 2.17. The van der Waals surface area contributed by atoms with Crippen LogP contribution in [-0.2, 0) is 42.9 Å². The zero-order chi connectivity index (χ0) is 18.5. The van der Waals surface area contributed by atoms with Crippen LogP contribution >= 0.6 is 0 Å². The summed E-state index contributed by atoms with van der Waals surface area (Å²) in [5, 5.41) is 10.6. The molecule has 1 rings (SSSR count). The highest BCUT2D eigenvalue weighted by atomic mass is 16.7. The first-order valence-corrected chi connectivity index (χ1v) is 7.06. The van der Waals surface area contributed by atoms with E-state index in [1.165, 1.54) is 0 Å². The molecule has 0 radical (unpaired) electrons. The van der Waals surface area contributed by atoms with E-state index in [1.54, 1.807) is 0 Å². The van der Waals surface area contributed by atoms with Crippen LogP contribution in [0.3, 0.4) is 0 Å². The van der Waals surface area contributed by atoms with Gasteiger partial charge in [-0.25, -0.2) is 0 Å². The molecule has 0 aliphatic carbocycles. The summed E-state index contributed by atoms with van der Waals surface area (Å²) in [6.07, 6.45) is -4.03. The van der Waals surface area contributed by atoms with Crippen molar-refractivity contribution in [3.63, 3.8) is 0 Å². The third-order valence-electron chi connectivity index (χ3n) is 3.00. The van der Waals surface area contributed by atoms with Crippen LogP contribution in [0.1, 0.15) is 27.7 Å². The molecule has 24 heavy (non-hydrogen) atoms. The summed E-state index contributed by atoms with van der Waals surface area (Å²) in [7, 11) is 0. The van der Waals surface area contributed by atoms with Gasteiger partial charge in [-0.2, -0.15) is 0 Å². The summed E-state index contributed by atoms with van der Waals surface area (Å²) >= 11 is 0. The molecule has 0 aromatic heterocycles. The van der Waals surface area contributed by atoms with Crippen molar-refractivity contribution in [3.8, 4) is 0 Å². The van der Waals surface area contributed by atoms with Gasteiger partial charge in [-0.3, -0.25) is 19.2 Å². The first-order valence-electron chi connectivity index (χ1n) is 7.06. The molecule has 4 atom stereocenters. The molecule has 10 heteroatoms. The van der Waals surface area contributed by atoms with Crippen molar-refractivity contribution in [2.75, 3.05) is 13.2 Å². The Balaban J connectivity index is 3.14. The predicted octanol–water partition coefficient (Wildman–Crippen LogP) is -0.937. The Labute approximate surface area is 137 Å². The van der Waals surface area contributed by atoms with Crippen LogP contribution < -0.4 is 0 Å². The second-order valence-electron chi connectivity index (χ2n) is 5.19. The van der Waals surface area contributed by atoms with Crippen LogP contribution in [-0.4, -0.2) is 66.3 Å². The van der Waals surface area contributed by atoms with Crippen LogP contribution in [0.5, 0.6) is 0 Å². The Morgan fingerprint density at radius 1 is 0.958 bits per heavy atom. The smallest absolute Gasteiger partial charge is 0.303 e. The standard InChI is InChI=1S/C14H20O10/c1-7(15)20-6-14(19)13(24-10(4)18)12(23-9(3)17)11(5-21-14)22-8(2)16/h11-13,19H,5-6H2,1-4H3/t11-,12-,13-,14-/m1/s1. The van der Waals surface area contributed by atoms with Crippen molar-refractivity contribution >= 4 is 23.9 Å². The van der Waals surface area contributed by atoms with E-state index >= 15 is 0 Å². The molecule has 0 bridgehead atoms. The molecule has 1 saturated heterocycles. The Morgan fingerprint density at radius 3 is 1.96 bits per heavy atom. The van der Waals surface area contributed by atoms with Gasteiger partial charge in [0.2, 0.25) is 5.79 Å². The number of esters is 4. The van der Waals surface area contributed by atoms with E-state index in [0.29, 0.717) is 0 Å². The van der Waals surface area contributed by atoms with Gasteiger partial charge in [-0.05, 0) is 0 Å².